The summed E-state index contributed by atoms with van der Waals surface area (Å²) in [7, 11) is -3.00. The number of rotatable bonds is 11. The average molecular weight is 600 g/mol. The Morgan fingerprint density at radius 1 is 1.27 bits per heavy atom. The van der Waals surface area contributed by atoms with Crippen molar-refractivity contribution in [3.63, 3.8) is 0 Å². The minimum absolute atomic E-state index is 0.00494. The summed E-state index contributed by atoms with van der Waals surface area (Å²) in [5.41, 5.74) is 3.18. The molecule has 224 valence electrons. The number of carbonyl (C=O) groups is 1. The summed E-state index contributed by atoms with van der Waals surface area (Å²) in [6.07, 6.45) is -3.58. The fourth-order valence-electron chi connectivity index (χ4n) is 4.15. The maximum absolute atomic E-state index is 16.2. The summed E-state index contributed by atoms with van der Waals surface area (Å²) < 4.78 is 68.2. The van der Waals surface area contributed by atoms with Gasteiger partial charge < -0.3 is 30.2 Å². The predicted molar refractivity (Wildman–Crippen MR) is 143 cm³/mol. The number of fused-ring (bicyclic) bond motifs is 1. The van der Waals surface area contributed by atoms with Gasteiger partial charge in [0, 0.05) is 7.05 Å². The first-order valence-electron chi connectivity index (χ1n) is 12.6. The second-order valence-corrected chi connectivity index (χ2v) is 11.5. The Morgan fingerprint density at radius 2 is 1.95 bits per heavy atom. The highest BCUT2D eigenvalue weighted by Gasteiger charge is 2.65. The Labute approximate surface area is 234 Å². The zero-order valence-electron chi connectivity index (χ0n) is 22.9. The number of benzene rings is 1. The Morgan fingerprint density at radius 3 is 2.59 bits per heavy atom. The highest BCUT2D eigenvalue weighted by atomic mass is 31.2. The van der Waals surface area contributed by atoms with E-state index in [9.17, 15) is 14.5 Å². The summed E-state index contributed by atoms with van der Waals surface area (Å²) in [5, 5.41) is 15.9. The van der Waals surface area contributed by atoms with Crippen LogP contribution in [0.2, 0.25) is 0 Å². The SMILES string of the molecule is CNc1nc(N)nc2c1ncn2[C@@H]1O[C@](F)(CO[P@@](=O)(N[C@H](C)C(=O)OC(C)C)Oc2ccccc2)[C@@H](O)[C@@]1(C)F. The number of alkyl halides is 2. The molecule has 17 heteroatoms. The molecule has 0 saturated carbocycles. The normalized spacial score (nSPS) is 26.6. The number of aliphatic hydroxyl groups excluding tert-OH is 1. The molecule has 41 heavy (non-hydrogen) atoms. The van der Waals surface area contributed by atoms with Gasteiger partial charge in [0.2, 0.25) is 5.95 Å². The van der Waals surface area contributed by atoms with Crippen LogP contribution >= 0.6 is 7.75 Å². The Hall–Kier alpha value is -3.43. The molecule has 0 bridgehead atoms. The van der Waals surface area contributed by atoms with E-state index in [1.54, 1.807) is 39.1 Å². The molecule has 0 spiro atoms. The van der Waals surface area contributed by atoms with Crippen molar-refractivity contribution in [3.8, 4) is 5.75 Å². The number of nitrogen functional groups attached to an aromatic ring is 1. The molecule has 1 fully saturated rings. The highest BCUT2D eigenvalue weighted by Crippen LogP contribution is 2.52. The minimum atomic E-state index is -4.56. The van der Waals surface area contributed by atoms with Crippen LogP contribution < -0.4 is 20.7 Å². The number of aliphatic hydroxyl groups is 1. The number of hydrogen-bond acceptors (Lipinski definition) is 12. The lowest BCUT2D eigenvalue weighted by Gasteiger charge is -2.28. The number of ether oxygens (including phenoxy) is 2. The first kappa shape index (κ1) is 30.5. The first-order valence-corrected chi connectivity index (χ1v) is 14.1. The van der Waals surface area contributed by atoms with Crippen LogP contribution in [0.1, 0.15) is 33.9 Å². The summed E-state index contributed by atoms with van der Waals surface area (Å²) in [6.45, 7) is 4.24. The molecule has 14 nitrogen and oxygen atoms in total. The third kappa shape index (κ3) is 6.26. The van der Waals surface area contributed by atoms with Gasteiger partial charge in [0.1, 0.15) is 18.4 Å². The van der Waals surface area contributed by atoms with Crippen LogP contribution in [0.15, 0.2) is 36.7 Å². The predicted octanol–water partition coefficient (Wildman–Crippen LogP) is 2.87. The van der Waals surface area contributed by atoms with Crippen molar-refractivity contribution in [2.45, 2.75) is 63.7 Å². The standard InChI is InChI=1S/C24H32F2N7O7P/c1-13(2)38-19(34)14(3)32-41(36,40-15-9-7-6-8-10-15)37-11-24(26)20(35)23(4,25)21(39-24)33-12-29-16-17(28-5)30-22(27)31-18(16)33/h6-10,12-14,20-21,35H,11H2,1-5H3,(H,32,36)(H3,27,28,30,31)/t14-,20+,21-,23-,24-,41+/m1/s1. The maximum Gasteiger partial charge on any atom is 0.459 e. The molecule has 4 rings (SSSR count). The number of hydrogen-bond donors (Lipinski definition) is 4. The van der Waals surface area contributed by atoms with Crippen LogP contribution in [0, 0.1) is 0 Å². The molecule has 6 atom stereocenters. The van der Waals surface area contributed by atoms with E-state index < -0.39 is 56.3 Å². The average Bonchev–Trinajstić information content (AvgIpc) is 3.39. The number of imidazole rings is 1. The van der Waals surface area contributed by atoms with Gasteiger partial charge in [-0.15, -0.1) is 0 Å². The Bertz CT molecular complexity index is 1440. The van der Waals surface area contributed by atoms with Crippen LogP contribution in [0.25, 0.3) is 11.2 Å². The lowest BCUT2D eigenvalue weighted by molar-refractivity contribution is -0.202. The topological polar surface area (TPSA) is 185 Å². The van der Waals surface area contributed by atoms with E-state index in [0.717, 1.165) is 17.8 Å². The first-order chi connectivity index (χ1) is 19.2. The maximum atomic E-state index is 16.2. The molecule has 0 aliphatic carbocycles. The van der Waals surface area contributed by atoms with Gasteiger partial charge in [0.05, 0.1) is 12.4 Å². The van der Waals surface area contributed by atoms with Gasteiger partial charge in [-0.25, -0.2) is 18.3 Å². The van der Waals surface area contributed by atoms with E-state index in [2.05, 4.69) is 25.4 Å². The lowest BCUT2D eigenvalue weighted by Crippen LogP contribution is -2.47. The minimum Gasteiger partial charge on any atom is -0.462 e. The molecule has 2 aromatic heterocycles. The van der Waals surface area contributed by atoms with Crippen molar-refractivity contribution >= 4 is 36.6 Å². The summed E-state index contributed by atoms with van der Waals surface area (Å²) in [6, 6.07) is 6.52. The molecule has 0 radical (unpaired) electrons. The van der Waals surface area contributed by atoms with E-state index in [4.69, 9.17) is 24.3 Å². The van der Waals surface area contributed by atoms with E-state index in [0.29, 0.717) is 0 Å². The van der Waals surface area contributed by atoms with Gasteiger partial charge in [-0.3, -0.25) is 13.9 Å². The third-order valence-corrected chi connectivity index (χ3v) is 7.74. The second-order valence-electron chi connectivity index (χ2n) is 9.83. The Kier molecular flexibility index (Phi) is 8.52. The molecule has 0 unspecified atom stereocenters. The number of halogens is 2. The quantitative estimate of drug-likeness (QED) is 0.186. The van der Waals surface area contributed by atoms with Crippen LogP contribution in [-0.2, 0) is 23.4 Å². The molecule has 1 aliphatic rings. The fourth-order valence-corrected chi connectivity index (χ4v) is 5.66. The van der Waals surface area contributed by atoms with Gasteiger partial charge in [0.25, 0.3) is 5.85 Å². The van der Waals surface area contributed by atoms with Gasteiger partial charge >= 0.3 is 13.7 Å². The zero-order valence-corrected chi connectivity index (χ0v) is 23.8. The molecular weight excluding hydrogens is 567 g/mol. The monoisotopic (exact) mass is 599 g/mol. The van der Waals surface area contributed by atoms with E-state index in [1.807, 2.05) is 0 Å². The molecule has 1 saturated heterocycles. The molecule has 1 aliphatic heterocycles. The number of carbonyl (C=O) groups excluding carboxylic acids is 1. The van der Waals surface area contributed by atoms with Crippen molar-refractivity contribution in [2.24, 2.45) is 0 Å². The van der Waals surface area contributed by atoms with Crippen molar-refractivity contribution < 1.29 is 41.8 Å². The van der Waals surface area contributed by atoms with Crippen LogP contribution in [0.5, 0.6) is 5.75 Å². The number of aromatic nitrogens is 4. The van der Waals surface area contributed by atoms with Crippen LogP contribution in [0.4, 0.5) is 20.5 Å². The molecule has 3 aromatic rings. The molecular formula is C24H32F2N7O7P. The third-order valence-electron chi connectivity index (χ3n) is 6.12. The summed E-state index contributed by atoms with van der Waals surface area (Å²) in [5.74, 6) is -3.90. The lowest BCUT2D eigenvalue weighted by atomic mass is 9.97. The molecule has 0 amide bonds. The van der Waals surface area contributed by atoms with Crippen molar-refractivity contribution in [1.29, 1.82) is 0 Å². The number of anilines is 2. The summed E-state index contributed by atoms with van der Waals surface area (Å²) >= 11 is 0. The fraction of sp³-hybridized carbons (Fsp3) is 0.500. The van der Waals surface area contributed by atoms with Crippen LogP contribution in [-0.4, -0.2) is 74.0 Å². The second kappa shape index (κ2) is 11.4. The highest BCUT2D eigenvalue weighted by molar-refractivity contribution is 7.52. The molecule has 1 aromatic carbocycles. The van der Waals surface area contributed by atoms with Gasteiger partial charge in [-0.05, 0) is 39.8 Å². The largest absolute Gasteiger partial charge is 0.462 e. The van der Waals surface area contributed by atoms with E-state index in [1.165, 1.54) is 19.1 Å². The van der Waals surface area contributed by atoms with Gasteiger partial charge in [-0.2, -0.15) is 15.1 Å². The molecule has 3 heterocycles. The van der Waals surface area contributed by atoms with Crippen molar-refractivity contribution in [3.05, 3.63) is 36.7 Å². The Balaban J connectivity index is 1.61. The van der Waals surface area contributed by atoms with E-state index in [-0.39, 0.29) is 28.7 Å². The van der Waals surface area contributed by atoms with E-state index >= 15 is 8.78 Å². The van der Waals surface area contributed by atoms with Gasteiger partial charge in [-0.1, -0.05) is 18.2 Å². The number of nitrogens with zero attached hydrogens (tertiary/aromatic N) is 4. The van der Waals surface area contributed by atoms with Crippen LogP contribution in [0.3, 0.4) is 0 Å². The molecule has 5 N–H and O–H groups in total. The number of nitrogens with two attached hydrogens (primary N) is 1. The van der Waals surface area contributed by atoms with Crippen molar-refractivity contribution in [2.75, 3.05) is 24.7 Å². The zero-order chi connectivity index (χ0) is 30.2. The summed E-state index contributed by atoms with van der Waals surface area (Å²) in [4.78, 5) is 24.5. The number of nitrogens with one attached hydrogen (secondary N) is 2. The number of esters is 1. The number of para-hydroxylation sites is 1. The smallest absolute Gasteiger partial charge is 0.459 e. The van der Waals surface area contributed by atoms with Gasteiger partial charge in [0.15, 0.2) is 35.0 Å². The van der Waals surface area contributed by atoms with Crippen molar-refractivity contribution in [1.82, 2.24) is 24.6 Å².